The van der Waals surface area contributed by atoms with Crippen LogP contribution in [0.5, 0.6) is 0 Å². The third-order valence-electron chi connectivity index (χ3n) is 1.73. The van der Waals surface area contributed by atoms with Crippen molar-refractivity contribution < 1.29 is 17.2 Å². The zero-order chi connectivity index (χ0) is 12.5. The predicted octanol–water partition coefficient (Wildman–Crippen LogP) is -0.168. The van der Waals surface area contributed by atoms with Crippen molar-refractivity contribution in [3.05, 3.63) is 27.7 Å². The van der Waals surface area contributed by atoms with Gasteiger partial charge in [-0.3, -0.25) is 4.79 Å². The van der Waals surface area contributed by atoms with Crippen LogP contribution < -0.4 is 10.7 Å². The first-order valence-corrected chi connectivity index (χ1v) is 5.30. The van der Waals surface area contributed by atoms with Crippen LogP contribution in [0.25, 0.3) is 0 Å². The minimum Gasteiger partial charge on any atom is -0.327 e. The summed E-state index contributed by atoms with van der Waals surface area (Å²) >= 11 is 0. The van der Waals surface area contributed by atoms with Gasteiger partial charge in [0, 0.05) is 6.20 Å². The van der Waals surface area contributed by atoms with E-state index in [-0.39, 0.29) is 0 Å². The smallest absolute Gasteiger partial charge is 0.266 e. The number of nitrogens with two attached hydrogens (primary N) is 1. The van der Waals surface area contributed by atoms with Crippen molar-refractivity contribution >= 4 is 10.0 Å². The van der Waals surface area contributed by atoms with Crippen LogP contribution in [0, 0.1) is 11.3 Å². The highest BCUT2D eigenvalue weighted by molar-refractivity contribution is 7.89. The van der Waals surface area contributed by atoms with Crippen LogP contribution in [-0.4, -0.2) is 13.4 Å². The first-order chi connectivity index (χ1) is 7.29. The molecule has 0 saturated carbocycles. The fraction of sp³-hybridized carbons (Fsp3) is 0.143. The first-order valence-electron chi connectivity index (χ1n) is 3.75. The van der Waals surface area contributed by atoms with Crippen molar-refractivity contribution in [1.29, 1.82) is 5.26 Å². The summed E-state index contributed by atoms with van der Waals surface area (Å²) in [6.45, 7) is 0. The molecule has 0 aromatic carbocycles. The Balaban J connectivity index is 3.81. The Kier molecular flexibility index (Phi) is 3.06. The lowest BCUT2D eigenvalue weighted by Gasteiger charge is -2.07. The van der Waals surface area contributed by atoms with Crippen molar-refractivity contribution in [2.24, 2.45) is 5.14 Å². The van der Waals surface area contributed by atoms with Crippen LogP contribution in [0.2, 0.25) is 0 Å². The number of sulfonamides is 1. The molecule has 0 aliphatic rings. The van der Waals surface area contributed by atoms with Crippen LogP contribution in [0.3, 0.4) is 0 Å². The maximum atomic E-state index is 12.6. The van der Waals surface area contributed by atoms with E-state index in [0.29, 0.717) is 6.20 Å². The number of nitrogens with one attached hydrogen (secondary N) is 1. The van der Waals surface area contributed by atoms with E-state index < -0.39 is 38.0 Å². The minimum absolute atomic E-state index is 0.542. The average molecular weight is 249 g/mol. The number of nitrogens with zero attached hydrogens (tertiary/aromatic N) is 1. The molecule has 3 N–H and O–H groups in total. The number of aromatic amines is 1. The van der Waals surface area contributed by atoms with Gasteiger partial charge >= 0.3 is 0 Å². The third-order valence-corrected chi connectivity index (χ3v) is 2.68. The second-order valence-electron chi connectivity index (χ2n) is 2.73. The third kappa shape index (κ3) is 2.07. The zero-order valence-electron chi connectivity index (χ0n) is 7.57. The van der Waals surface area contributed by atoms with Gasteiger partial charge in [0.05, 0.1) is 5.56 Å². The Labute approximate surface area is 88.4 Å². The fourth-order valence-electron chi connectivity index (χ4n) is 1.09. The van der Waals surface area contributed by atoms with Crippen molar-refractivity contribution in [2.45, 2.75) is 11.3 Å². The molecule has 0 aliphatic heterocycles. The van der Waals surface area contributed by atoms with Gasteiger partial charge in [-0.15, -0.1) is 0 Å². The Morgan fingerprint density at radius 3 is 2.44 bits per heavy atom. The monoisotopic (exact) mass is 249 g/mol. The van der Waals surface area contributed by atoms with E-state index in [1.165, 1.54) is 6.07 Å². The lowest BCUT2D eigenvalue weighted by molar-refractivity contribution is 0.147. The molecule has 86 valence electrons. The lowest BCUT2D eigenvalue weighted by atomic mass is 10.1. The molecule has 1 aromatic heterocycles. The molecule has 0 radical (unpaired) electrons. The molecule has 0 saturated heterocycles. The molecule has 6 nitrogen and oxygen atoms in total. The Morgan fingerprint density at radius 2 is 2.06 bits per heavy atom. The van der Waals surface area contributed by atoms with E-state index in [0.717, 1.165) is 0 Å². The molecular weight excluding hydrogens is 244 g/mol. The molecule has 0 atom stereocenters. The van der Waals surface area contributed by atoms with E-state index >= 15 is 0 Å². The Bertz CT molecular complexity index is 615. The number of H-pyrrole nitrogens is 1. The van der Waals surface area contributed by atoms with Gasteiger partial charge < -0.3 is 4.98 Å². The van der Waals surface area contributed by atoms with E-state index in [4.69, 9.17) is 5.26 Å². The number of nitriles is 1. The number of primary sulfonamides is 1. The molecule has 0 amide bonds. The number of halogens is 2. The van der Waals surface area contributed by atoms with Crippen molar-refractivity contribution in [2.75, 3.05) is 0 Å². The maximum absolute atomic E-state index is 12.6. The average Bonchev–Trinajstić information content (AvgIpc) is 2.14. The van der Waals surface area contributed by atoms with Gasteiger partial charge in [-0.05, 0) is 0 Å². The van der Waals surface area contributed by atoms with Gasteiger partial charge in [0.15, 0.2) is 0 Å². The van der Waals surface area contributed by atoms with E-state index in [1.54, 1.807) is 0 Å². The normalized spacial score (nSPS) is 11.4. The van der Waals surface area contributed by atoms with Gasteiger partial charge in [0.25, 0.3) is 12.0 Å². The summed E-state index contributed by atoms with van der Waals surface area (Å²) in [5, 5.41) is 13.2. The summed E-state index contributed by atoms with van der Waals surface area (Å²) in [4.78, 5) is 11.9. The maximum Gasteiger partial charge on any atom is 0.266 e. The van der Waals surface area contributed by atoms with Crippen molar-refractivity contribution in [3.63, 3.8) is 0 Å². The molecule has 9 heteroatoms. The summed E-state index contributed by atoms with van der Waals surface area (Å²) < 4.78 is 47.0. The van der Waals surface area contributed by atoms with Gasteiger partial charge in [-0.1, -0.05) is 0 Å². The van der Waals surface area contributed by atoms with Crippen molar-refractivity contribution in [1.82, 2.24) is 4.98 Å². The highest BCUT2D eigenvalue weighted by Gasteiger charge is 2.26. The summed E-state index contributed by atoms with van der Waals surface area (Å²) in [6, 6.07) is 1.21. The number of hydrogen-bond donors (Lipinski definition) is 2. The molecule has 1 heterocycles. The molecule has 0 fully saturated rings. The van der Waals surface area contributed by atoms with Gasteiger partial charge in [-0.2, -0.15) is 5.26 Å². The number of rotatable bonds is 2. The summed E-state index contributed by atoms with van der Waals surface area (Å²) in [6.07, 6.45) is -2.75. The Hall–Kier alpha value is -1.79. The number of aromatic nitrogens is 1. The first kappa shape index (κ1) is 12.3. The number of alkyl halides is 2. The van der Waals surface area contributed by atoms with Crippen LogP contribution in [-0.2, 0) is 10.0 Å². The van der Waals surface area contributed by atoms with Crippen LogP contribution >= 0.6 is 0 Å². The van der Waals surface area contributed by atoms with Crippen LogP contribution in [0.15, 0.2) is 15.9 Å². The molecule has 0 spiro atoms. The summed E-state index contributed by atoms with van der Waals surface area (Å²) in [5.41, 5.74) is -3.22. The number of pyridine rings is 1. The predicted molar refractivity (Wildman–Crippen MR) is 48.1 cm³/mol. The summed E-state index contributed by atoms with van der Waals surface area (Å²) in [7, 11) is -4.43. The van der Waals surface area contributed by atoms with Crippen molar-refractivity contribution in [3.8, 4) is 6.07 Å². The molecule has 0 unspecified atom stereocenters. The van der Waals surface area contributed by atoms with E-state index in [9.17, 15) is 22.0 Å². The van der Waals surface area contributed by atoms with Gasteiger partial charge in [0.1, 0.15) is 16.5 Å². The Morgan fingerprint density at radius 1 is 1.50 bits per heavy atom. The van der Waals surface area contributed by atoms with E-state index in [2.05, 4.69) is 5.14 Å². The molecule has 1 aromatic rings. The highest BCUT2D eigenvalue weighted by Crippen LogP contribution is 2.26. The topological polar surface area (TPSA) is 117 Å². The van der Waals surface area contributed by atoms with Gasteiger partial charge in [0.2, 0.25) is 10.0 Å². The van der Waals surface area contributed by atoms with E-state index in [1.807, 2.05) is 4.98 Å². The SMILES string of the molecule is N#Cc1c(C(F)F)c(S(N)(=O)=O)c[nH]c1=O. The lowest BCUT2D eigenvalue weighted by Crippen LogP contribution is -2.21. The quantitative estimate of drug-likeness (QED) is 0.756. The zero-order valence-corrected chi connectivity index (χ0v) is 8.38. The standard InChI is InChI=1S/C7H5F2N3O3S/c8-6(9)5-3(1-10)7(13)12-2-4(5)16(11,14)15/h2,6H,(H,12,13)(H2,11,14,15). The number of hydrogen-bond acceptors (Lipinski definition) is 4. The molecule has 0 aliphatic carbocycles. The molecular formula is C7H5F2N3O3S. The van der Waals surface area contributed by atoms with Crippen LogP contribution in [0.1, 0.15) is 17.6 Å². The highest BCUT2D eigenvalue weighted by atomic mass is 32.2. The second kappa shape index (κ2) is 3.99. The molecule has 0 bridgehead atoms. The summed E-state index contributed by atoms with van der Waals surface area (Å²) in [5.74, 6) is 0. The largest absolute Gasteiger partial charge is 0.327 e. The molecule has 1 rings (SSSR count). The second-order valence-corrected chi connectivity index (χ2v) is 4.26. The minimum atomic E-state index is -4.43. The fourth-order valence-corrected chi connectivity index (χ4v) is 1.81. The molecule has 16 heavy (non-hydrogen) atoms. The van der Waals surface area contributed by atoms with Crippen LogP contribution in [0.4, 0.5) is 8.78 Å². The van der Waals surface area contributed by atoms with Gasteiger partial charge in [-0.25, -0.2) is 22.3 Å².